The molecule has 0 atom stereocenters. The van der Waals surface area contributed by atoms with E-state index in [-0.39, 0.29) is 0 Å². The minimum atomic E-state index is 0.660. The van der Waals surface area contributed by atoms with Crippen molar-refractivity contribution in [1.82, 2.24) is 4.98 Å². The lowest BCUT2D eigenvalue weighted by Gasteiger charge is -1.94. The molecule has 0 amide bonds. The molecule has 0 aliphatic carbocycles. The number of hydrogen-bond acceptors (Lipinski definition) is 1. The molecule has 3 heteroatoms. The molecular weight excluding hydrogens is 337 g/mol. The van der Waals surface area contributed by atoms with Crippen LogP contribution in [0.15, 0.2) is 66.7 Å². The molecule has 3 rings (SSSR count). The van der Waals surface area contributed by atoms with E-state index in [0.29, 0.717) is 21.4 Å². The van der Waals surface area contributed by atoms with Crippen molar-refractivity contribution in [1.29, 1.82) is 0 Å². The van der Waals surface area contributed by atoms with E-state index < -0.39 is 0 Å². The van der Waals surface area contributed by atoms with Crippen molar-refractivity contribution >= 4 is 23.2 Å². The number of hydrogen-bond donors (Lipinski definition) is 0. The van der Waals surface area contributed by atoms with Crippen molar-refractivity contribution in [3.8, 4) is 23.7 Å². The van der Waals surface area contributed by atoms with Gasteiger partial charge >= 0.3 is 0 Å². The van der Waals surface area contributed by atoms with Crippen LogP contribution < -0.4 is 0 Å². The number of nitrogens with zero attached hydrogens (tertiary/aromatic N) is 1. The van der Waals surface area contributed by atoms with Crippen LogP contribution in [0.2, 0.25) is 10.0 Å². The van der Waals surface area contributed by atoms with Crippen molar-refractivity contribution in [2.75, 3.05) is 0 Å². The average Bonchev–Trinajstić information content (AvgIpc) is 2.59. The summed E-state index contributed by atoms with van der Waals surface area (Å²) in [5, 5.41) is 1.33. The Morgan fingerprint density at radius 1 is 0.583 bits per heavy atom. The maximum atomic E-state index is 5.95. The number of rotatable bonds is 0. The fourth-order valence-electron chi connectivity index (χ4n) is 1.98. The predicted molar refractivity (Wildman–Crippen MR) is 99.1 cm³/mol. The van der Waals surface area contributed by atoms with E-state index in [1.807, 2.05) is 66.7 Å². The standard InChI is InChI=1S/C21H11Cl2N/c22-18-6-1-4-16(14-18)10-12-20-8-3-9-21(24-20)13-11-17-5-2-7-19(23)15-17/h1-9,14-15H. The van der Waals surface area contributed by atoms with E-state index in [1.165, 1.54) is 0 Å². The smallest absolute Gasteiger partial charge is 0.115 e. The second kappa shape index (κ2) is 7.71. The Kier molecular flexibility index (Phi) is 5.19. The van der Waals surface area contributed by atoms with Gasteiger partial charge in [-0.15, -0.1) is 0 Å². The third-order valence-corrected chi connectivity index (χ3v) is 3.54. The number of aromatic nitrogens is 1. The highest BCUT2D eigenvalue weighted by Gasteiger charge is 1.94. The average molecular weight is 348 g/mol. The van der Waals surface area contributed by atoms with Gasteiger partial charge in [-0.2, -0.15) is 0 Å². The second-order valence-corrected chi connectivity index (χ2v) is 5.80. The molecule has 0 bridgehead atoms. The first kappa shape index (κ1) is 16.2. The molecule has 1 aromatic heterocycles. The van der Waals surface area contributed by atoms with E-state index in [2.05, 4.69) is 28.7 Å². The van der Waals surface area contributed by atoms with Crippen molar-refractivity contribution < 1.29 is 0 Å². The lowest BCUT2D eigenvalue weighted by atomic mass is 10.2. The molecule has 0 fully saturated rings. The van der Waals surface area contributed by atoms with Gasteiger partial charge in [-0.05, 0) is 60.4 Å². The molecule has 24 heavy (non-hydrogen) atoms. The minimum absolute atomic E-state index is 0.660. The SMILES string of the molecule is Clc1cccc(C#Cc2cccc(C#Cc3cccc(Cl)c3)n2)c1. The van der Waals surface area contributed by atoms with Crippen molar-refractivity contribution in [3.63, 3.8) is 0 Å². The molecule has 0 spiro atoms. The summed E-state index contributed by atoms with van der Waals surface area (Å²) in [6, 6.07) is 20.4. The first-order valence-corrected chi connectivity index (χ1v) is 7.97. The van der Waals surface area contributed by atoms with Crippen molar-refractivity contribution in [3.05, 3.63) is 99.3 Å². The third-order valence-electron chi connectivity index (χ3n) is 3.07. The van der Waals surface area contributed by atoms with Crippen LogP contribution in [0.3, 0.4) is 0 Å². The van der Waals surface area contributed by atoms with Crippen LogP contribution in [-0.4, -0.2) is 4.98 Å². The molecule has 0 radical (unpaired) electrons. The zero-order valence-electron chi connectivity index (χ0n) is 12.6. The van der Waals surface area contributed by atoms with E-state index in [1.54, 1.807) is 0 Å². The maximum absolute atomic E-state index is 5.95. The molecular formula is C21H11Cl2N. The minimum Gasteiger partial charge on any atom is -0.231 e. The maximum Gasteiger partial charge on any atom is 0.115 e. The normalized spacial score (nSPS) is 9.42. The third kappa shape index (κ3) is 4.64. The summed E-state index contributed by atoms with van der Waals surface area (Å²) in [5.41, 5.74) is 3.01. The summed E-state index contributed by atoms with van der Waals surface area (Å²) < 4.78 is 0. The monoisotopic (exact) mass is 347 g/mol. The molecule has 1 nitrogen and oxygen atoms in total. The Balaban J connectivity index is 1.83. The fraction of sp³-hybridized carbons (Fsp3) is 0. The molecule has 0 saturated heterocycles. The first-order chi connectivity index (χ1) is 11.7. The van der Waals surface area contributed by atoms with Gasteiger partial charge < -0.3 is 0 Å². The van der Waals surface area contributed by atoms with Gasteiger partial charge in [0.15, 0.2) is 0 Å². The zero-order valence-corrected chi connectivity index (χ0v) is 14.1. The van der Waals surface area contributed by atoms with Gasteiger partial charge in [0.1, 0.15) is 11.4 Å². The van der Waals surface area contributed by atoms with Gasteiger partial charge in [-0.25, -0.2) is 4.98 Å². The largest absolute Gasteiger partial charge is 0.231 e. The van der Waals surface area contributed by atoms with Gasteiger partial charge in [-0.3, -0.25) is 0 Å². The van der Waals surface area contributed by atoms with E-state index in [9.17, 15) is 0 Å². The summed E-state index contributed by atoms with van der Waals surface area (Å²) in [7, 11) is 0. The quantitative estimate of drug-likeness (QED) is 0.510. The van der Waals surface area contributed by atoms with Gasteiger partial charge in [-0.1, -0.05) is 53.2 Å². The summed E-state index contributed by atoms with van der Waals surface area (Å²) in [4.78, 5) is 4.43. The lowest BCUT2D eigenvalue weighted by Crippen LogP contribution is -1.87. The number of halogens is 2. The van der Waals surface area contributed by atoms with E-state index in [4.69, 9.17) is 23.2 Å². The van der Waals surface area contributed by atoms with Gasteiger partial charge in [0, 0.05) is 21.2 Å². The molecule has 0 unspecified atom stereocenters. The molecule has 1 heterocycles. The highest BCUT2D eigenvalue weighted by molar-refractivity contribution is 6.30. The van der Waals surface area contributed by atoms with Crippen LogP contribution >= 0.6 is 23.2 Å². The van der Waals surface area contributed by atoms with Crippen molar-refractivity contribution in [2.45, 2.75) is 0 Å². The summed E-state index contributed by atoms with van der Waals surface area (Å²) in [6.07, 6.45) is 0. The lowest BCUT2D eigenvalue weighted by molar-refractivity contribution is 1.25. The fourth-order valence-corrected chi connectivity index (χ4v) is 2.36. The van der Waals surface area contributed by atoms with Crippen LogP contribution in [0.25, 0.3) is 0 Å². The predicted octanol–water partition coefficient (Wildman–Crippen LogP) is 5.19. The van der Waals surface area contributed by atoms with E-state index in [0.717, 1.165) is 11.1 Å². The number of pyridine rings is 1. The topological polar surface area (TPSA) is 12.9 Å². The summed E-state index contributed by atoms with van der Waals surface area (Å²) >= 11 is 11.9. The number of benzene rings is 2. The molecule has 0 aliphatic rings. The highest BCUT2D eigenvalue weighted by Crippen LogP contribution is 2.10. The summed E-state index contributed by atoms with van der Waals surface area (Å²) in [6.45, 7) is 0. The van der Waals surface area contributed by atoms with Crippen LogP contribution in [0.5, 0.6) is 0 Å². The van der Waals surface area contributed by atoms with Gasteiger partial charge in [0.2, 0.25) is 0 Å². The van der Waals surface area contributed by atoms with Gasteiger partial charge in [0.05, 0.1) is 0 Å². The van der Waals surface area contributed by atoms with Crippen molar-refractivity contribution in [2.24, 2.45) is 0 Å². The second-order valence-electron chi connectivity index (χ2n) is 4.93. The van der Waals surface area contributed by atoms with Gasteiger partial charge in [0.25, 0.3) is 0 Å². The Labute approximate surface area is 151 Å². The Morgan fingerprint density at radius 2 is 1.04 bits per heavy atom. The van der Waals surface area contributed by atoms with Crippen LogP contribution in [0.1, 0.15) is 22.5 Å². The Hall–Kier alpha value is -2.71. The first-order valence-electron chi connectivity index (χ1n) is 7.21. The van der Waals surface area contributed by atoms with Crippen LogP contribution in [0, 0.1) is 23.7 Å². The molecule has 0 saturated carbocycles. The van der Waals surface area contributed by atoms with Crippen LogP contribution in [0.4, 0.5) is 0 Å². The summed E-state index contributed by atoms with van der Waals surface area (Å²) in [5.74, 6) is 12.1. The zero-order chi connectivity index (χ0) is 16.8. The van der Waals surface area contributed by atoms with Crippen LogP contribution in [-0.2, 0) is 0 Å². The molecule has 3 aromatic rings. The highest BCUT2D eigenvalue weighted by atomic mass is 35.5. The molecule has 0 N–H and O–H groups in total. The molecule has 114 valence electrons. The Morgan fingerprint density at radius 3 is 1.50 bits per heavy atom. The Bertz CT molecular complexity index is 922. The molecule has 2 aromatic carbocycles. The van der Waals surface area contributed by atoms with E-state index >= 15 is 0 Å². The molecule has 0 aliphatic heterocycles.